The number of benzene rings is 23. The van der Waals surface area contributed by atoms with Crippen molar-refractivity contribution in [3.05, 3.63) is 458 Å². The fourth-order valence-electron chi connectivity index (χ4n) is 20.5. The molecule has 0 heterocycles. The SMILES string of the molecule is CC(C)(C)c1ccc2c(-c3ccc4ccccc4c3)c3ccc(C(C)(C)C)cc3c(-c3ccc4ccccc4c3)c2c1.COc1ccc2c(-c3ccc4ccccc4c3)c3cc(OC)ccc3c(-c3ccc4ccccc4c3)c2c1.Cc1cccc(-c2cc(-c3cccc(C)c3)cc(-c3c4ccccc4c(-c4cc(-c5cccc(C)c5)cc(-c5cccc(C)c5)c4)c4ccccc34)c2)c1. The van der Waals surface area contributed by atoms with Gasteiger partial charge in [-0.25, -0.2) is 0 Å². The summed E-state index contributed by atoms with van der Waals surface area (Å²) in [6.45, 7) is 22.6. The van der Waals surface area contributed by atoms with Gasteiger partial charge < -0.3 is 9.47 Å². The Morgan fingerprint density at radius 1 is 0.149 bits per heavy atom. The average molecular weight is 1720 g/mol. The lowest BCUT2D eigenvalue weighted by molar-refractivity contribution is 0.415. The van der Waals surface area contributed by atoms with Crippen LogP contribution in [-0.2, 0) is 10.8 Å². The number of hydrogen-bond acceptors (Lipinski definition) is 2. The molecule has 134 heavy (non-hydrogen) atoms. The normalized spacial score (nSPS) is 11.7. The van der Waals surface area contributed by atoms with Gasteiger partial charge in [0.15, 0.2) is 0 Å². The molecular formula is C132H106O2. The first-order valence-electron chi connectivity index (χ1n) is 46.8. The molecule has 2 nitrogen and oxygen atoms in total. The van der Waals surface area contributed by atoms with Crippen LogP contribution in [0.15, 0.2) is 425 Å². The Hall–Kier alpha value is -15.7. The van der Waals surface area contributed by atoms with Crippen LogP contribution in [0.2, 0.25) is 0 Å². The Bertz CT molecular complexity index is 7990. The molecule has 0 spiro atoms. The molecule has 0 aliphatic rings. The predicted molar refractivity (Wildman–Crippen MR) is 578 cm³/mol. The standard InChI is InChI=1S/C54H42.C42H38.C36H26O2/c1-35-13-9-17-39(25-35)43-29-44(40-18-10-14-36(2)26-40)32-47(31-43)53-49-21-5-7-23-51(49)54(52-24-8-6-22-50(52)53)48-33-45(41-19-11-15-37(3)27-41)30-46(34-48)42-20-12-16-38(4)28-42;1-41(2,3)33-19-21-35-37(25-33)40(32-18-16-28-12-8-10-14-30(28)24-32)38-26-34(42(4,5)6)20-22-36(38)39(35)31-17-15-27-11-7-9-13-29(27)23-31;1-37-29-15-17-31-33(21-29)35(27-13-11-23-7-3-5-9-25(23)19-27)32-18-16-30(38-2)22-34(32)36(31)28-14-12-24-8-4-6-10-26(24)20-28/h5-34H,1-4H3;7-26H,1-6H3;3-22H,1-2H3. The van der Waals surface area contributed by atoms with Crippen LogP contribution in [0.5, 0.6) is 11.5 Å². The Morgan fingerprint density at radius 3 is 0.642 bits per heavy atom. The molecule has 0 radical (unpaired) electrons. The highest BCUT2D eigenvalue weighted by atomic mass is 16.5. The van der Waals surface area contributed by atoms with E-state index in [1.165, 1.54) is 252 Å². The summed E-state index contributed by atoms with van der Waals surface area (Å²) in [5.74, 6) is 1.69. The van der Waals surface area contributed by atoms with Gasteiger partial charge in [0.05, 0.1) is 14.2 Å². The highest BCUT2D eigenvalue weighted by Crippen LogP contribution is 2.52. The Kier molecular flexibility index (Phi) is 22.3. The van der Waals surface area contributed by atoms with Crippen LogP contribution in [0, 0.1) is 27.7 Å². The van der Waals surface area contributed by atoms with Crippen LogP contribution in [-0.4, -0.2) is 14.2 Å². The van der Waals surface area contributed by atoms with E-state index in [9.17, 15) is 0 Å². The summed E-state index contributed by atoms with van der Waals surface area (Å²) in [6.07, 6.45) is 0. The number of rotatable bonds is 12. The maximum absolute atomic E-state index is 5.72. The second-order valence-corrected chi connectivity index (χ2v) is 38.5. The van der Waals surface area contributed by atoms with E-state index in [1.807, 2.05) is 0 Å². The molecule has 0 bridgehead atoms. The smallest absolute Gasteiger partial charge is 0.119 e. The van der Waals surface area contributed by atoms with E-state index in [2.05, 4.69) is 494 Å². The topological polar surface area (TPSA) is 18.5 Å². The molecule has 23 rings (SSSR count). The van der Waals surface area contributed by atoms with E-state index >= 15 is 0 Å². The van der Waals surface area contributed by atoms with Crippen molar-refractivity contribution >= 4 is 108 Å². The number of aryl methyl sites for hydroxylation is 4. The molecule has 0 N–H and O–H groups in total. The zero-order chi connectivity index (χ0) is 91.6. The first kappa shape index (κ1) is 85.1. The summed E-state index contributed by atoms with van der Waals surface area (Å²) in [7, 11) is 3.46. The summed E-state index contributed by atoms with van der Waals surface area (Å²) in [6, 6.07) is 157. The molecule has 0 aliphatic heterocycles. The second kappa shape index (κ2) is 35.2. The third-order valence-corrected chi connectivity index (χ3v) is 27.3. The third kappa shape index (κ3) is 16.5. The lowest BCUT2D eigenvalue weighted by Crippen LogP contribution is -2.11. The van der Waals surface area contributed by atoms with Gasteiger partial charge in [-0.2, -0.15) is 0 Å². The van der Waals surface area contributed by atoms with Crippen LogP contribution in [0.4, 0.5) is 0 Å². The fraction of sp³-hybridized carbons (Fsp3) is 0.106. The molecule has 0 fully saturated rings. The van der Waals surface area contributed by atoms with Crippen molar-refractivity contribution in [1.29, 1.82) is 0 Å². The molecule has 0 unspecified atom stereocenters. The first-order valence-corrected chi connectivity index (χ1v) is 46.8. The lowest BCUT2D eigenvalue weighted by Gasteiger charge is -2.25. The van der Waals surface area contributed by atoms with Gasteiger partial charge in [-0.15, -0.1) is 0 Å². The Balaban J connectivity index is 0.000000123. The van der Waals surface area contributed by atoms with Crippen LogP contribution in [0.25, 0.3) is 219 Å². The van der Waals surface area contributed by atoms with Crippen LogP contribution < -0.4 is 9.47 Å². The van der Waals surface area contributed by atoms with Gasteiger partial charge in [-0.05, 0) is 366 Å². The fourth-order valence-corrected chi connectivity index (χ4v) is 20.5. The van der Waals surface area contributed by atoms with Gasteiger partial charge in [-0.1, -0.05) is 391 Å². The second-order valence-electron chi connectivity index (χ2n) is 38.5. The van der Waals surface area contributed by atoms with E-state index in [4.69, 9.17) is 9.47 Å². The van der Waals surface area contributed by atoms with Gasteiger partial charge >= 0.3 is 0 Å². The number of ether oxygens (including phenoxy) is 2. The van der Waals surface area contributed by atoms with Crippen molar-refractivity contribution < 1.29 is 9.47 Å². The van der Waals surface area contributed by atoms with Gasteiger partial charge in [-0.3, -0.25) is 0 Å². The summed E-state index contributed by atoms with van der Waals surface area (Å²) >= 11 is 0. The van der Waals surface area contributed by atoms with Gasteiger partial charge in [0.25, 0.3) is 0 Å². The maximum Gasteiger partial charge on any atom is 0.119 e. The summed E-state index contributed by atoms with van der Waals surface area (Å²) < 4.78 is 11.4. The first-order chi connectivity index (χ1) is 65.2. The molecule has 2 heteroatoms. The van der Waals surface area contributed by atoms with Crippen LogP contribution >= 0.6 is 0 Å². The van der Waals surface area contributed by atoms with Crippen LogP contribution in [0.1, 0.15) is 74.9 Å². The van der Waals surface area contributed by atoms with Crippen molar-refractivity contribution in [3.8, 4) is 123 Å². The average Bonchev–Trinajstić information content (AvgIpc) is 0.742. The Labute approximate surface area is 786 Å². The highest BCUT2D eigenvalue weighted by molar-refractivity contribution is 6.26. The van der Waals surface area contributed by atoms with Crippen LogP contribution in [0.3, 0.4) is 0 Å². The van der Waals surface area contributed by atoms with Crippen molar-refractivity contribution in [2.24, 2.45) is 0 Å². The maximum atomic E-state index is 5.72. The molecular weight excluding hydrogens is 1620 g/mol. The highest BCUT2D eigenvalue weighted by Gasteiger charge is 2.27. The van der Waals surface area contributed by atoms with E-state index in [0.717, 1.165) is 11.5 Å². The molecule has 646 valence electrons. The van der Waals surface area contributed by atoms with Crippen molar-refractivity contribution in [2.75, 3.05) is 14.2 Å². The predicted octanol–water partition coefficient (Wildman–Crippen LogP) is 37.1. The molecule has 0 aliphatic carbocycles. The molecule has 0 saturated carbocycles. The monoisotopic (exact) mass is 1720 g/mol. The van der Waals surface area contributed by atoms with E-state index in [0.29, 0.717) is 0 Å². The molecule has 0 atom stereocenters. The number of fused-ring (bicyclic) bond motifs is 10. The van der Waals surface area contributed by atoms with E-state index in [1.54, 1.807) is 14.2 Å². The molecule has 0 saturated heterocycles. The summed E-state index contributed by atoms with van der Waals surface area (Å²) in [5.41, 5.74) is 32.5. The van der Waals surface area contributed by atoms with Crippen molar-refractivity contribution in [2.45, 2.75) is 80.1 Å². The van der Waals surface area contributed by atoms with E-state index in [-0.39, 0.29) is 10.8 Å². The number of methoxy groups -OCH3 is 2. The molecule has 23 aromatic rings. The minimum absolute atomic E-state index is 0.0418. The molecule has 0 aromatic heterocycles. The minimum Gasteiger partial charge on any atom is -0.497 e. The quantitative estimate of drug-likeness (QED) is 0.114. The Morgan fingerprint density at radius 2 is 0.373 bits per heavy atom. The zero-order valence-electron chi connectivity index (χ0n) is 78.2. The van der Waals surface area contributed by atoms with Gasteiger partial charge in [0, 0.05) is 0 Å². The zero-order valence-corrected chi connectivity index (χ0v) is 78.2. The molecule has 23 aromatic carbocycles. The number of hydrogen-bond donors (Lipinski definition) is 0. The van der Waals surface area contributed by atoms with Crippen molar-refractivity contribution in [1.82, 2.24) is 0 Å². The van der Waals surface area contributed by atoms with Gasteiger partial charge in [0.2, 0.25) is 0 Å². The summed E-state index contributed by atoms with van der Waals surface area (Å²) in [5, 5.41) is 25.0. The largest absolute Gasteiger partial charge is 0.497 e. The van der Waals surface area contributed by atoms with E-state index < -0.39 is 0 Å². The van der Waals surface area contributed by atoms with Gasteiger partial charge in [0.1, 0.15) is 11.5 Å². The third-order valence-electron chi connectivity index (χ3n) is 27.3. The lowest BCUT2D eigenvalue weighted by atomic mass is 9.79. The summed E-state index contributed by atoms with van der Waals surface area (Å²) in [4.78, 5) is 0. The minimum atomic E-state index is 0.0418. The molecule has 0 amide bonds. The van der Waals surface area contributed by atoms with Crippen molar-refractivity contribution in [3.63, 3.8) is 0 Å².